The summed E-state index contributed by atoms with van der Waals surface area (Å²) in [5, 5.41) is 22.7. The molecule has 0 unspecified atom stereocenters. The van der Waals surface area contributed by atoms with Gasteiger partial charge in [-0.2, -0.15) is 0 Å². The molecule has 0 radical (unpaired) electrons. The first-order chi connectivity index (χ1) is 11.6. The minimum atomic E-state index is -0.473. The number of aryl methyl sites for hydroxylation is 1. The van der Waals surface area contributed by atoms with Gasteiger partial charge in [-0.15, -0.1) is 10.2 Å². The molecular formula is C16H18N4O3S. The lowest BCUT2D eigenvalue weighted by Crippen LogP contribution is -2.07. The number of aromatic nitrogens is 2. The average Bonchev–Trinajstić information content (AvgIpc) is 3.01. The molecule has 0 aliphatic rings. The Morgan fingerprint density at radius 2 is 2.21 bits per heavy atom. The lowest BCUT2D eigenvalue weighted by atomic mass is 10.2. The largest absolute Gasteiger partial charge is 0.297 e. The van der Waals surface area contributed by atoms with E-state index in [0.29, 0.717) is 10.7 Å². The van der Waals surface area contributed by atoms with Crippen LogP contribution < -0.4 is 5.32 Å². The second-order valence-electron chi connectivity index (χ2n) is 5.13. The number of benzene rings is 1. The van der Waals surface area contributed by atoms with Crippen molar-refractivity contribution in [3.8, 4) is 0 Å². The summed E-state index contributed by atoms with van der Waals surface area (Å²) < 4.78 is 0. The number of hydrogen-bond donors (Lipinski definition) is 1. The van der Waals surface area contributed by atoms with Crippen LogP contribution in [0.1, 0.15) is 36.8 Å². The van der Waals surface area contributed by atoms with Crippen LogP contribution in [0.3, 0.4) is 0 Å². The van der Waals surface area contributed by atoms with Gasteiger partial charge in [0.05, 0.1) is 4.92 Å². The van der Waals surface area contributed by atoms with Crippen LogP contribution >= 0.6 is 11.3 Å². The van der Waals surface area contributed by atoms with Crippen LogP contribution in [0.4, 0.5) is 10.8 Å². The fourth-order valence-corrected chi connectivity index (χ4v) is 2.78. The fourth-order valence-electron chi connectivity index (χ4n) is 1.99. The highest BCUT2D eigenvalue weighted by Crippen LogP contribution is 2.18. The van der Waals surface area contributed by atoms with Gasteiger partial charge in [0, 0.05) is 24.6 Å². The third kappa shape index (κ3) is 5.54. The third-order valence-electron chi connectivity index (χ3n) is 3.20. The zero-order valence-electron chi connectivity index (χ0n) is 13.3. The van der Waals surface area contributed by atoms with Crippen molar-refractivity contribution in [2.75, 3.05) is 5.32 Å². The molecule has 0 fully saturated rings. The molecule has 2 rings (SSSR count). The van der Waals surface area contributed by atoms with E-state index in [1.165, 1.54) is 35.6 Å². The number of rotatable bonds is 8. The number of nitro benzene ring substituents is 1. The van der Waals surface area contributed by atoms with Crippen molar-refractivity contribution in [3.05, 3.63) is 51.0 Å². The van der Waals surface area contributed by atoms with Gasteiger partial charge in [0.15, 0.2) is 0 Å². The van der Waals surface area contributed by atoms with E-state index in [1.807, 2.05) is 0 Å². The summed E-state index contributed by atoms with van der Waals surface area (Å²) in [6.07, 6.45) is 7.05. The first-order valence-corrected chi connectivity index (χ1v) is 8.46. The smallest absolute Gasteiger partial charge is 0.270 e. The standard InChI is InChI=1S/C16H18N4O3S/c1-2-3-4-8-15-18-19-16(24-15)17-14(21)10-9-12-6-5-7-13(11-12)20(22)23/h5-7,9-11H,2-4,8H2,1H3,(H,17,19,21). The average molecular weight is 346 g/mol. The second kappa shape index (κ2) is 8.88. The number of hydrogen-bond acceptors (Lipinski definition) is 6. The van der Waals surface area contributed by atoms with E-state index in [0.717, 1.165) is 30.7 Å². The number of anilines is 1. The summed E-state index contributed by atoms with van der Waals surface area (Å²) >= 11 is 1.36. The monoisotopic (exact) mass is 346 g/mol. The van der Waals surface area contributed by atoms with Gasteiger partial charge < -0.3 is 0 Å². The van der Waals surface area contributed by atoms with Crippen LogP contribution in [0.15, 0.2) is 30.3 Å². The number of nitro groups is 1. The Bertz CT molecular complexity index is 742. The summed E-state index contributed by atoms with van der Waals surface area (Å²) in [6, 6.07) is 6.07. The van der Waals surface area contributed by atoms with Gasteiger partial charge in [-0.1, -0.05) is 43.2 Å². The number of carbonyl (C=O) groups is 1. The summed E-state index contributed by atoms with van der Waals surface area (Å²) in [7, 11) is 0. The molecule has 0 atom stereocenters. The highest BCUT2D eigenvalue weighted by atomic mass is 32.1. The Labute approximate surface area is 143 Å². The number of non-ortho nitro benzene ring substituents is 1. The zero-order valence-corrected chi connectivity index (χ0v) is 14.1. The number of carbonyl (C=O) groups excluding carboxylic acids is 1. The van der Waals surface area contributed by atoms with Crippen LogP contribution in [0.5, 0.6) is 0 Å². The van der Waals surface area contributed by atoms with Gasteiger partial charge in [0.25, 0.3) is 5.69 Å². The maximum atomic E-state index is 11.9. The Morgan fingerprint density at radius 3 is 2.96 bits per heavy atom. The molecule has 126 valence electrons. The van der Waals surface area contributed by atoms with Gasteiger partial charge in [-0.05, 0) is 18.1 Å². The van der Waals surface area contributed by atoms with Gasteiger partial charge in [0.2, 0.25) is 11.0 Å². The molecule has 2 aromatic rings. The molecule has 7 nitrogen and oxygen atoms in total. The summed E-state index contributed by atoms with van der Waals surface area (Å²) in [5.41, 5.74) is 0.565. The molecule has 0 bridgehead atoms. The summed E-state index contributed by atoms with van der Waals surface area (Å²) in [6.45, 7) is 2.14. The van der Waals surface area contributed by atoms with Gasteiger partial charge >= 0.3 is 0 Å². The van der Waals surface area contributed by atoms with Crippen molar-refractivity contribution in [2.24, 2.45) is 0 Å². The van der Waals surface area contributed by atoms with E-state index in [9.17, 15) is 14.9 Å². The Hall–Kier alpha value is -2.61. The van der Waals surface area contributed by atoms with Crippen LogP contribution in [0.2, 0.25) is 0 Å². The SMILES string of the molecule is CCCCCc1nnc(NC(=O)C=Cc2cccc([N+](=O)[O-])c2)s1. The van der Waals surface area contributed by atoms with Crippen LogP contribution in [-0.4, -0.2) is 21.0 Å². The first kappa shape index (κ1) is 17.7. The molecule has 1 aromatic heterocycles. The van der Waals surface area contributed by atoms with Gasteiger partial charge in [-0.25, -0.2) is 0 Å². The molecule has 0 aliphatic carbocycles. The summed E-state index contributed by atoms with van der Waals surface area (Å²) in [4.78, 5) is 22.1. The molecule has 24 heavy (non-hydrogen) atoms. The topological polar surface area (TPSA) is 98.0 Å². The van der Waals surface area contributed by atoms with Crippen molar-refractivity contribution >= 4 is 34.1 Å². The minimum Gasteiger partial charge on any atom is -0.297 e. The van der Waals surface area contributed by atoms with E-state index in [1.54, 1.807) is 12.1 Å². The van der Waals surface area contributed by atoms with Crippen LogP contribution in [0, 0.1) is 10.1 Å². The lowest BCUT2D eigenvalue weighted by Gasteiger charge is -1.96. The van der Waals surface area contributed by atoms with E-state index in [4.69, 9.17) is 0 Å². The summed E-state index contributed by atoms with van der Waals surface area (Å²) in [5.74, 6) is -0.349. The quantitative estimate of drug-likeness (QED) is 0.339. The van der Waals surface area contributed by atoms with Crippen molar-refractivity contribution < 1.29 is 9.72 Å². The molecule has 1 aromatic carbocycles. The third-order valence-corrected chi connectivity index (χ3v) is 4.10. The predicted molar refractivity (Wildman–Crippen MR) is 93.9 cm³/mol. The van der Waals surface area contributed by atoms with Gasteiger partial charge in [-0.3, -0.25) is 20.2 Å². The fraction of sp³-hybridized carbons (Fsp3) is 0.312. The Balaban J connectivity index is 1.91. The molecule has 1 N–H and O–H groups in total. The van der Waals surface area contributed by atoms with Gasteiger partial charge in [0.1, 0.15) is 5.01 Å². The van der Waals surface area contributed by atoms with E-state index < -0.39 is 4.92 Å². The Kier molecular flexibility index (Phi) is 6.56. The van der Waals surface area contributed by atoms with E-state index >= 15 is 0 Å². The van der Waals surface area contributed by atoms with E-state index in [-0.39, 0.29) is 11.6 Å². The Morgan fingerprint density at radius 1 is 1.38 bits per heavy atom. The number of amides is 1. The number of unbranched alkanes of at least 4 members (excludes halogenated alkanes) is 2. The van der Waals surface area contributed by atoms with E-state index in [2.05, 4.69) is 22.4 Å². The minimum absolute atomic E-state index is 0.0154. The maximum absolute atomic E-state index is 11.9. The van der Waals surface area contributed by atoms with Crippen LogP contribution in [-0.2, 0) is 11.2 Å². The molecule has 1 heterocycles. The number of nitrogens with one attached hydrogen (secondary N) is 1. The molecular weight excluding hydrogens is 328 g/mol. The molecule has 0 spiro atoms. The number of nitrogens with zero attached hydrogens (tertiary/aromatic N) is 3. The molecule has 1 amide bonds. The lowest BCUT2D eigenvalue weighted by molar-refractivity contribution is -0.384. The zero-order chi connectivity index (χ0) is 17.4. The molecule has 0 aliphatic heterocycles. The first-order valence-electron chi connectivity index (χ1n) is 7.64. The predicted octanol–water partition coefficient (Wildman–Crippen LogP) is 3.83. The molecule has 0 saturated heterocycles. The van der Waals surface area contributed by atoms with Crippen LogP contribution in [0.25, 0.3) is 6.08 Å². The van der Waals surface area contributed by atoms with Crippen molar-refractivity contribution in [1.82, 2.24) is 10.2 Å². The van der Waals surface area contributed by atoms with Crippen molar-refractivity contribution in [1.29, 1.82) is 0 Å². The highest BCUT2D eigenvalue weighted by Gasteiger charge is 2.07. The molecule has 0 saturated carbocycles. The van der Waals surface area contributed by atoms with Crippen molar-refractivity contribution in [2.45, 2.75) is 32.6 Å². The van der Waals surface area contributed by atoms with Crippen molar-refractivity contribution in [3.63, 3.8) is 0 Å². The second-order valence-corrected chi connectivity index (χ2v) is 6.19. The highest BCUT2D eigenvalue weighted by molar-refractivity contribution is 7.15. The maximum Gasteiger partial charge on any atom is 0.270 e. The normalized spacial score (nSPS) is 10.9. The molecule has 8 heteroatoms.